The Bertz CT molecular complexity index is 404. The third-order valence-corrected chi connectivity index (χ3v) is 2.94. The monoisotopic (exact) mass is 214 g/mol. The predicted molar refractivity (Wildman–Crippen MR) is 67.3 cm³/mol. The number of benzene rings is 1. The van der Waals surface area contributed by atoms with Crippen molar-refractivity contribution in [2.45, 2.75) is 39.0 Å². The van der Waals surface area contributed by atoms with E-state index in [4.69, 9.17) is 6.42 Å². The van der Waals surface area contributed by atoms with Crippen LogP contribution in [-0.2, 0) is 10.2 Å². The Labute approximate surface area is 97.9 Å². The first-order chi connectivity index (χ1) is 7.45. The molecule has 1 aromatic carbocycles. The van der Waals surface area contributed by atoms with Crippen LogP contribution in [0.1, 0.15) is 44.7 Å². The van der Waals surface area contributed by atoms with Crippen molar-refractivity contribution in [3.63, 3.8) is 0 Å². The van der Waals surface area contributed by atoms with Gasteiger partial charge >= 0.3 is 0 Å². The number of rotatable bonds is 4. The molecular weight excluding hydrogens is 196 g/mol. The first-order valence-corrected chi connectivity index (χ1v) is 5.52. The minimum absolute atomic E-state index is 0.0266. The van der Waals surface area contributed by atoms with Crippen molar-refractivity contribution in [3.05, 3.63) is 35.4 Å². The summed E-state index contributed by atoms with van der Waals surface area (Å²) < 4.78 is 0. The Hall–Kier alpha value is -1.55. The molecule has 0 N–H and O–H groups in total. The van der Waals surface area contributed by atoms with Crippen molar-refractivity contribution in [2.24, 2.45) is 0 Å². The highest BCUT2D eigenvalue weighted by Gasteiger charge is 2.20. The van der Waals surface area contributed by atoms with Crippen LogP contribution in [-0.4, -0.2) is 5.78 Å². The average molecular weight is 214 g/mol. The molecule has 1 heteroatoms. The van der Waals surface area contributed by atoms with Crippen LogP contribution in [0, 0.1) is 12.3 Å². The molecule has 1 rings (SSSR count). The van der Waals surface area contributed by atoms with Gasteiger partial charge in [0.2, 0.25) is 0 Å². The van der Waals surface area contributed by atoms with E-state index in [1.807, 2.05) is 12.1 Å². The van der Waals surface area contributed by atoms with E-state index in [1.54, 1.807) is 6.92 Å². The van der Waals surface area contributed by atoms with E-state index < -0.39 is 0 Å². The number of ketones is 1. The summed E-state index contributed by atoms with van der Waals surface area (Å²) in [5, 5.41) is 0. The summed E-state index contributed by atoms with van der Waals surface area (Å²) in [5.41, 5.74) is 2.15. The summed E-state index contributed by atoms with van der Waals surface area (Å²) in [6.07, 6.45) is 6.81. The second-order valence-electron chi connectivity index (χ2n) is 4.81. The Morgan fingerprint density at radius 3 is 2.31 bits per heavy atom. The number of Topliss-reactive ketones (excluding diaryl/α,β-unsaturated/α-hetero) is 1. The third kappa shape index (κ3) is 3.24. The van der Waals surface area contributed by atoms with Gasteiger partial charge < -0.3 is 4.79 Å². The Morgan fingerprint density at radius 2 is 1.88 bits per heavy atom. The highest BCUT2D eigenvalue weighted by molar-refractivity contribution is 5.75. The second kappa shape index (κ2) is 4.99. The lowest BCUT2D eigenvalue weighted by atomic mass is 9.80. The molecule has 0 aliphatic carbocycles. The van der Waals surface area contributed by atoms with Crippen molar-refractivity contribution in [1.29, 1.82) is 0 Å². The summed E-state index contributed by atoms with van der Waals surface area (Å²) in [4.78, 5) is 11.0. The van der Waals surface area contributed by atoms with Gasteiger partial charge in [0.1, 0.15) is 5.78 Å². The number of hydrogen-bond acceptors (Lipinski definition) is 1. The molecule has 0 saturated carbocycles. The molecule has 0 aromatic heterocycles. The summed E-state index contributed by atoms with van der Waals surface area (Å²) in [6.45, 7) is 5.94. The maximum atomic E-state index is 11.0. The van der Waals surface area contributed by atoms with Crippen LogP contribution >= 0.6 is 0 Å². The number of carbonyl (C=O) groups excluding carboxylic acids is 1. The zero-order valence-corrected chi connectivity index (χ0v) is 10.2. The fourth-order valence-electron chi connectivity index (χ4n) is 1.65. The summed E-state index contributed by atoms with van der Waals surface area (Å²) in [7, 11) is 0. The average Bonchev–Trinajstić information content (AvgIpc) is 2.27. The van der Waals surface area contributed by atoms with Gasteiger partial charge in [0.05, 0.1) is 0 Å². The molecule has 0 aliphatic rings. The second-order valence-corrected chi connectivity index (χ2v) is 4.81. The van der Waals surface area contributed by atoms with Gasteiger partial charge in [0.15, 0.2) is 0 Å². The number of terminal acetylenes is 1. The van der Waals surface area contributed by atoms with Crippen molar-refractivity contribution in [3.8, 4) is 12.3 Å². The molecule has 0 unspecified atom stereocenters. The van der Waals surface area contributed by atoms with Crippen LogP contribution in [0.4, 0.5) is 0 Å². The van der Waals surface area contributed by atoms with Crippen molar-refractivity contribution in [1.82, 2.24) is 0 Å². The number of carbonyl (C=O) groups is 1. The third-order valence-electron chi connectivity index (χ3n) is 2.94. The molecule has 16 heavy (non-hydrogen) atoms. The van der Waals surface area contributed by atoms with Crippen LogP contribution in [0.3, 0.4) is 0 Å². The lowest BCUT2D eigenvalue weighted by molar-refractivity contribution is -0.117. The van der Waals surface area contributed by atoms with E-state index in [1.165, 1.54) is 5.56 Å². The van der Waals surface area contributed by atoms with E-state index in [0.717, 1.165) is 12.0 Å². The van der Waals surface area contributed by atoms with Gasteiger partial charge in [-0.3, -0.25) is 0 Å². The van der Waals surface area contributed by atoms with Gasteiger partial charge in [-0.2, -0.15) is 0 Å². The number of hydrogen-bond donors (Lipinski definition) is 0. The van der Waals surface area contributed by atoms with Crippen molar-refractivity contribution >= 4 is 5.78 Å². The van der Waals surface area contributed by atoms with Gasteiger partial charge in [0, 0.05) is 12.0 Å². The fourth-order valence-corrected chi connectivity index (χ4v) is 1.65. The molecule has 0 bridgehead atoms. The standard InChI is InChI=1S/C15H18O/c1-5-13-6-8-14(9-7-13)15(3,4)11-10-12(2)16/h1,6-9H,10-11H2,2-4H3. The molecule has 84 valence electrons. The SMILES string of the molecule is C#Cc1ccc(C(C)(C)CCC(C)=O)cc1. The molecule has 0 radical (unpaired) electrons. The Morgan fingerprint density at radius 1 is 1.31 bits per heavy atom. The molecular formula is C15H18O. The van der Waals surface area contributed by atoms with Gasteiger partial charge in [0.25, 0.3) is 0 Å². The molecule has 0 amide bonds. The first kappa shape index (κ1) is 12.5. The smallest absolute Gasteiger partial charge is 0.129 e. The molecule has 0 saturated heterocycles. The molecule has 0 aliphatic heterocycles. The molecule has 0 spiro atoms. The summed E-state index contributed by atoms with van der Waals surface area (Å²) >= 11 is 0. The quantitative estimate of drug-likeness (QED) is 0.703. The minimum atomic E-state index is 0.0266. The van der Waals surface area contributed by atoms with Crippen LogP contribution in [0.15, 0.2) is 24.3 Å². The summed E-state index contributed by atoms with van der Waals surface area (Å²) in [6, 6.07) is 8.00. The van der Waals surface area contributed by atoms with E-state index >= 15 is 0 Å². The van der Waals surface area contributed by atoms with Gasteiger partial charge in [-0.15, -0.1) is 6.42 Å². The van der Waals surface area contributed by atoms with Crippen LogP contribution in [0.25, 0.3) is 0 Å². The maximum absolute atomic E-state index is 11.0. The Balaban J connectivity index is 2.81. The molecule has 0 fully saturated rings. The maximum Gasteiger partial charge on any atom is 0.129 e. The first-order valence-electron chi connectivity index (χ1n) is 5.52. The normalized spacial score (nSPS) is 10.9. The van der Waals surface area contributed by atoms with Crippen LogP contribution in [0.2, 0.25) is 0 Å². The zero-order valence-electron chi connectivity index (χ0n) is 10.2. The molecule has 1 aromatic rings. The van der Waals surface area contributed by atoms with Crippen LogP contribution in [0.5, 0.6) is 0 Å². The molecule has 0 atom stereocenters. The predicted octanol–water partition coefficient (Wildman–Crippen LogP) is 3.31. The van der Waals surface area contributed by atoms with Crippen molar-refractivity contribution in [2.75, 3.05) is 0 Å². The van der Waals surface area contributed by atoms with E-state index in [0.29, 0.717) is 6.42 Å². The zero-order chi connectivity index (χ0) is 12.2. The van der Waals surface area contributed by atoms with Gasteiger partial charge in [-0.1, -0.05) is 31.9 Å². The highest BCUT2D eigenvalue weighted by Crippen LogP contribution is 2.28. The fraction of sp³-hybridized carbons (Fsp3) is 0.400. The van der Waals surface area contributed by atoms with E-state index in [2.05, 4.69) is 31.9 Å². The lowest BCUT2D eigenvalue weighted by Crippen LogP contribution is -2.18. The largest absolute Gasteiger partial charge is 0.300 e. The highest BCUT2D eigenvalue weighted by atomic mass is 16.1. The minimum Gasteiger partial charge on any atom is -0.300 e. The molecule has 0 heterocycles. The van der Waals surface area contributed by atoms with E-state index in [-0.39, 0.29) is 11.2 Å². The summed E-state index contributed by atoms with van der Waals surface area (Å²) in [5.74, 6) is 2.85. The van der Waals surface area contributed by atoms with Crippen molar-refractivity contribution < 1.29 is 4.79 Å². The van der Waals surface area contributed by atoms with Gasteiger partial charge in [-0.05, 0) is 36.5 Å². The topological polar surface area (TPSA) is 17.1 Å². The molecule has 1 nitrogen and oxygen atoms in total. The van der Waals surface area contributed by atoms with E-state index in [9.17, 15) is 4.79 Å². The Kier molecular flexibility index (Phi) is 3.90. The lowest BCUT2D eigenvalue weighted by Gasteiger charge is -2.24. The van der Waals surface area contributed by atoms with Crippen LogP contribution < -0.4 is 0 Å². The van der Waals surface area contributed by atoms with Gasteiger partial charge in [-0.25, -0.2) is 0 Å².